The van der Waals surface area contributed by atoms with Crippen LogP contribution >= 0.6 is 0 Å². The highest BCUT2D eigenvalue weighted by molar-refractivity contribution is 7.86. The Kier molecular flexibility index (Phi) is 7.87. The number of carbonyl (C=O) groups is 1. The number of aryl methyl sites for hydroxylation is 1. The first-order valence-corrected chi connectivity index (χ1v) is 11.4. The van der Waals surface area contributed by atoms with E-state index in [1.807, 2.05) is 32.9 Å². The van der Waals surface area contributed by atoms with Gasteiger partial charge in [-0.1, -0.05) is 25.5 Å². The van der Waals surface area contributed by atoms with E-state index in [2.05, 4.69) is 24.4 Å². The molecule has 146 valence electrons. The molecule has 1 aliphatic carbocycles. The Hall–Kier alpha value is -1.16. The smallest absolute Gasteiger partial charge is 0.251 e. The number of benzene rings is 1. The third kappa shape index (κ3) is 6.53. The van der Waals surface area contributed by atoms with E-state index in [9.17, 15) is 9.00 Å². The van der Waals surface area contributed by atoms with E-state index in [1.165, 1.54) is 18.4 Å². The predicted octanol–water partition coefficient (Wildman–Crippen LogP) is 4.87. The zero-order valence-corrected chi connectivity index (χ0v) is 17.7. The Bertz CT molecular complexity index is 596. The fraction of sp³-hybridized carbons (Fsp3) is 0.682. The van der Waals surface area contributed by atoms with Crippen molar-refractivity contribution in [2.75, 3.05) is 5.75 Å². The third-order valence-electron chi connectivity index (χ3n) is 5.29. The Balaban J connectivity index is 1.78. The average Bonchev–Trinajstić information content (AvgIpc) is 2.61. The number of nitrogens with one attached hydrogen (secondary N) is 1. The van der Waals surface area contributed by atoms with Crippen molar-refractivity contribution in [1.29, 1.82) is 0 Å². The summed E-state index contributed by atoms with van der Waals surface area (Å²) in [6, 6.07) is 8.28. The van der Waals surface area contributed by atoms with Gasteiger partial charge >= 0.3 is 0 Å². The van der Waals surface area contributed by atoms with Crippen molar-refractivity contribution < 1.29 is 9.00 Å². The quantitative estimate of drug-likeness (QED) is 0.737. The van der Waals surface area contributed by atoms with Crippen LogP contribution in [0.2, 0.25) is 0 Å². The van der Waals surface area contributed by atoms with E-state index in [4.69, 9.17) is 0 Å². The van der Waals surface area contributed by atoms with Gasteiger partial charge in [-0.15, -0.1) is 0 Å². The number of rotatable bonds is 7. The molecule has 1 aromatic rings. The molecule has 0 aromatic heterocycles. The first kappa shape index (κ1) is 21.1. The van der Waals surface area contributed by atoms with Gasteiger partial charge < -0.3 is 5.32 Å². The molecule has 0 saturated heterocycles. The highest BCUT2D eigenvalue weighted by Crippen LogP contribution is 2.27. The fourth-order valence-electron chi connectivity index (χ4n) is 3.41. The molecule has 1 atom stereocenters. The summed E-state index contributed by atoms with van der Waals surface area (Å²) in [6.07, 6.45) is 7.56. The van der Waals surface area contributed by atoms with Crippen LogP contribution in [-0.4, -0.2) is 26.7 Å². The van der Waals surface area contributed by atoms with E-state index in [1.54, 1.807) is 0 Å². The molecular weight excluding hydrogens is 342 g/mol. The summed E-state index contributed by atoms with van der Waals surface area (Å²) >= 11 is 0. The minimum absolute atomic E-state index is 0.0359. The van der Waals surface area contributed by atoms with Gasteiger partial charge in [-0.05, 0) is 82.9 Å². The minimum atomic E-state index is -0.779. The van der Waals surface area contributed by atoms with Crippen LogP contribution in [0.1, 0.15) is 82.1 Å². The maximum Gasteiger partial charge on any atom is 0.251 e. The fourth-order valence-corrected chi connectivity index (χ4v) is 4.67. The van der Waals surface area contributed by atoms with Gasteiger partial charge in [-0.2, -0.15) is 0 Å². The molecule has 1 aliphatic rings. The van der Waals surface area contributed by atoms with Crippen LogP contribution in [0.15, 0.2) is 24.3 Å². The van der Waals surface area contributed by atoms with Gasteiger partial charge in [0.25, 0.3) is 5.91 Å². The molecule has 1 fully saturated rings. The van der Waals surface area contributed by atoms with Crippen molar-refractivity contribution in [1.82, 2.24) is 5.32 Å². The maximum atomic E-state index is 12.5. The van der Waals surface area contributed by atoms with Crippen molar-refractivity contribution in [3.05, 3.63) is 35.4 Å². The Labute approximate surface area is 161 Å². The van der Waals surface area contributed by atoms with Crippen molar-refractivity contribution in [3.63, 3.8) is 0 Å². The van der Waals surface area contributed by atoms with Crippen LogP contribution in [0.4, 0.5) is 0 Å². The number of amides is 1. The normalized spacial score (nSPS) is 22.0. The lowest BCUT2D eigenvalue weighted by atomic mass is 9.87. The molecule has 26 heavy (non-hydrogen) atoms. The molecule has 0 aliphatic heterocycles. The molecule has 3 nitrogen and oxygen atoms in total. The SMILES string of the molecule is CCCCc1ccc(C(=O)NC2CCC(CS(=O)C(C)(C)C)CC2)cc1. The van der Waals surface area contributed by atoms with Crippen molar-refractivity contribution in [2.24, 2.45) is 5.92 Å². The summed E-state index contributed by atoms with van der Waals surface area (Å²) in [5, 5.41) is 3.19. The van der Waals surface area contributed by atoms with E-state index in [0.717, 1.165) is 43.4 Å². The highest BCUT2D eigenvalue weighted by Gasteiger charge is 2.27. The van der Waals surface area contributed by atoms with Crippen molar-refractivity contribution >= 4 is 16.7 Å². The lowest BCUT2D eigenvalue weighted by Crippen LogP contribution is -2.39. The Morgan fingerprint density at radius 1 is 1.12 bits per heavy atom. The van der Waals surface area contributed by atoms with Gasteiger partial charge in [0.1, 0.15) is 0 Å². The van der Waals surface area contributed by atoms with Gasteiger partial charge in [-0.3, -0.25) is 9.00 Å². The van der Waals surface area contributed by atoms with E-state index < -0.39 is 10.8 Å². The second-order valence-corrected chi connectivity index (χ2v) is 10.9. The molecule has 1 amide bonds. The lowest BCUT2D eigenvalue weighted by Gasteiger charge is -2.30. The van der Waals surface area contributed by atoms with Gasteiger partial charge in [0.2, 0.25) is 0 Å². The van der Waals surface area contributed by atoms with Crippen LogP contribution in [0.5, 0.6) is 0 Å². The first-order chi connectivity index (χ1) is 12.3. The summed E-state index contributed by atoms with van der Waals surface area (Å²) in [4.78, 5) is 12.5. The number of hydrogen-bond donors (Lipinski definition) is 1. The number of unbranched alkanes of at least 4 members (excludes halogenated alkanes) is 1. The summed E-state index contributed by atoms with van der Waals surface area (Å²) in [5.74, 6) is 1.36. The molecular formula is C22H35NO2S. The molecule has 2 rings (SSSR count). The predicted molar refractivity (Wildman–Crippen MR) is 111 cm³/mol. The molecule has 4 heteroatoms. The Morgan fingerprint density at radius 3 is 2.27 bits per heavy atom. The van der Waals surface area contributed by atoms with Gasteiger partial charge in [0.05, 0.1) is 0 Å². The topological polar surface area (TPSA) is 46.2 Å². The van der Waals surface area contributed by atoms with Gasteiger partial charge in [0, 0.05) is 32.9 Å². The van der Waals surface area contributed by atoms with E-state index in [0.29, 0.717) is 5.92 Å². The van der Waals surface area contributed by atoms with E-state index in [-0.39, 0.29) is 16.7 Å². The minimum Gasteiger partial charge on any atom is -0.349 e. The molecule has 1 unspecified atom stereocenters. The second-order valence-electron chi connectivity index (χ2n) is 8.62. The Morgan fingerprint density at radius 2 is 1.73 bits per heavy atom. The summed E-state index contributed by atoms with van der Waals surface area (Å²) < 4.78 is 12.2. The molecule has 1 saturated carbocycles. The summed E-state index contributed by atoms with van der Waals surface area (Å²) in [7, 11) is -0.779. The highest BCUT2D eigenvalue weighted by atomic mass is 32.2. The van der Waals surface area contributed by atoms with Gasteiger partial charge in [0.15, 0.2) is 0 Å². The molecule has 0 bridgehead atoms. The lowest BCUT2D eigenvalue weighted by molar-refractivity contribution is 0.0923. The standard InChI is InChI=1S/C22H35NO2S/c1-5-6-7-17-8-12-19(13-9-17)21(24)23-20-14-10-18(11-15-20)16-26(25)22(2,3)4/h8-9,12-13,18,20H,5-7,10-11,14-16H2,1-4H3,(H,23,24). The summed E-state index contributed by atoms with van der Waals surface area (Å²) in [5.41, 5.74) is 2.05. The van der Waals surface area contributed by atoms with Crippen molar-refractivity contribution in [3.8, 4) is 0 Å². The van der Waals surface area contributed by atoms with Gasteiger partial charge in [-0.25, -0.2) is 0 Å². The van der Waals surface area contributed by atoms with Crippen molar-refractivity contribution in [2.45, 2.75) is 83.4 Å². The second kappa shape index (κ2) is 9.68. The first-order valence-electron chi connectivity index (χ1n) is 10.1. The number of carbonyl (C=O) groups excluding carboxylic acids is 1. The van der Waals surface area contributed by atoms with Crippen LogP contribution in [0.25, 0.3) is 0 Å². The third-order valence-corrected chi connectivity index (χ3v) is 7.43. The summed E-state index contributed by atoms with van der Waals surface area (Å²) in [6.45, 7) is 8.32. The van der Waals surface area contributed by atoms with E-state index >= 15 is 0 Å². The average molecular weight is 378 g/mol. The molecule has 1 aromatic carbocycles. The largest absolute Gasteiger partial charge is 0.349 e. The van der Waals surface area contributed by atoms with Crippen LogP contribution in [0, 0.1) is 5.92 Å². The zero-order chi connectivity index (χ0) is 19.2. The monoisotopic (exact) mass is 377 g/mol. The zero-order valence-electron chi connectivity index (χ0n) is 16.8. The molecule has 0 spiro atoms. The molecule has 1 N–H and O–H groups in total. The molecule has 0 heterocycles. The van der Waals surface area contributed by atoms with Crippen LogP contribution < -0.4 is 5.32 Å². The van der Waals surface area contributed by atoms with Crippen LogP contribution in [-0.2, 0) is 17.2 Å². The number of hydrogen-bond acceptors (Lipinski definition) is 2. The molecule has 0 radical (unpaired) electrons. The van der Waals surface area contributed by atoms with Crippen LogP contribution in [0.3, 0.4) is 0 Å². The maximum absolute atomic E-state index is 12.5.